The van der Waals surface area contributed by atoms with Gasteiger partial charge in [0.25, 0.3) is 5.91 Å². The number of rotatable bonds is 3. The molecule has 6 nitrogen and oxygen atoms in total. The summed E-state index contributed by atoms with van der Waals surface area (Å²) in [6.45, 7) is -0.520. The molecule has 2 heterocycles. The van der Waals surface area contributed by atoms with Crippen molar-refractivity contribution in [2.24, 2.45) is 0 Å². The first kappa shape index (κ1) is 11.1. The second-order valence-electron chi connectivity index (χ2n) is 4.62. The molecule has 1 fully saturated rings. The van der Waals surface area contributed by atoms with Crippen molar-refractivity contribution in [2.75, 3.05) is 6.67 Å². The van der Waals surface area contributed by atoms with Gasteiger partial charge in [-0.05, 0) is 41.8 Å². The fourth-order valence-electron chi connectivity index (χ4n) is 2.09. The molecule has 0 spiro atoms. The van der Waals surface area contributed by atoms with Crippen LogP contribution in [-0.2, 0) is 0 Å². The van der Waals surface area contributed by atoms with E-state index in [1.54, 1.807) is 18.3 Å². The van der Waals surface area contributed by atoms with Crippen LogP contribution in [-0.4, -0.2) is 38.2 Å². The Morgan fingerprint density at radius 1 is 1.56 bits per heavy atom. The quantitative estimate of drug-likeness (QED) is 0.871. The largest absolute Gasteiger partial charge is 0.344 e. The molecule has 1 saturated carbocycles. The SMILES string of the molecule is O=C(NC1(CF)CCC1)c1ccn2nnnc2c1. The van der Waals surface area contributed by atoms with Gasteiger partial charge in [0.2, 0.25) is 0 Å². The minimum absolute atomic E-state index is 0.280. The minimum atomic E-state index is -0.658. The fraction of sp³-hybridized carbons (Fsp3) is 0.455. The van der Waals surface area contributed by atoms with Crippen LogP contribution in [0.2, 0.25) is 0 Å². The van der Waals surface area contributed by atoms with Crippen LogP contribution < -0.4 is 5.32 Å². The van der Waals surface area contributed by atoms with E-state index in [9.17, 15) is 9.18 Å². The number of hydrogen-bond acceptors (Lipinski definition) is 4. The van der Waals surface area contributed by atoms with Crippen LogP contribution >= 0.6 is 0 Å². The second-order valence-corrected chi connectivity index (χ2v) is 4.62. The molecule has 0 unspecified atom stereocenters. The van der Waals surface area contributed by atoms with Crippen LogP contribution in [0.5, 0.6) is 0 Å². The Morgan fingerprint density at radius 2 is 2.39 bits per heavy atom. The molecule has 1 amide bonds. The predicted molar refractivity (Wildman–Crippen MR) is 60.8 cm³/mol. The van der Waals surface area contributed by atoms with Gasteiger partial charge < -0.3 is 5.32 Å². The van der Waals surface area contributed by atoms with Crippen LogP contribution in [0.3, 0.4) is 0 Å². The zero-order chi connectivity index (χ0) is 12.6. The van der Waals surface area contributed by atoms with Crippen LogP contribution in [0.25, 0.3) is 5.65 Å². The molecule has 1 aliphatic rings. The van der Waals surface area contributed by atoms with E-state index in [1.807, 2.05) is 0 Å². The van der Waals surface area contributed by atoms with E-state index < -0.39 is 12.2 Å². The van der Waals surface area contributed by atoms with Crippen LogP contribution in [0.15, 0.2) is 18.3 Å². The van der Waals surface area contributed by atoms with Gasteiger partial charge in [-0.15, -0.1) is 5.10 Å². The Labute approximate surface area is 102 Å². The van der Waals surface area contributed by atoms with Crippen molar-refractivity contribution in [3.8, 4) is 0 Å². The zero-order valence-corrected chi connectivity index (χ0v) is 9.64. The van der Waals surface area contributed by atoms with Gasteiger partial charge in [0.05, 0.1) is 5.54 Å². The van der Waals surface area contributed by atoms with Gasteiger partial charge in [0.1, 0.15) is 6.67 Å². The van der Waals surface area contributed by atoms with E-state index in [0.29, 0.717) is 24.1 Å². The minimum Gasteiger partial charge on any atom is -0.344 e. The van der Waals surface area contributed by atoms with Crippen molar-refractivity contribution in [3.05, 3.63) is 23.9 Å². The lowest BCUT2D eigenvalue weighted by molar-refractivity contribution is 0.0774. The maximum Gasteiger partial charge on any atom is 0.251 e. The summed E-state index contributed by atoms with van der Waals surface area (Å²) in [5.41, 5.74) is 0.275. The topological polar surface area (TPSA) is 72.2 Å². The van der Waals surface area contributed by atoms with Crippen molar-refractivity contribution < 1.29 is 9.18 Å². The van der Waals surface area contributed by atoms with Crippen molar-refractivity contribution in [1.82, 2.24) is 25.4 Å². The highest BCUT2D eigenvalue weighted by Crippen LogP contribution is 2.32. The lowest BCUT2D eigenvalue weighted by Gasteiger charge is -2.40. The Bertz CT molecular complexity index is 586. The second kappa shape index (κ2) is 4.01. The lowest BCUT2D eigenvalue weighted by atomic mass is 9.77. The van der Waals surface area contributed by atoms with Gasteiger partial charge in [-0.1, -0.05) is 0 Å². The lowest BCUT2D eigenvalue weighted by Crippen LogP contribution is -2.55. The Hall–Kier alpha value is -2.05. The number of tetrazole rings is 1. The molecule has 7 heteroatoms. The highest BCUT2D eigenvalue weighted by molar-refractivity contribution is 5.95. The monoisotopic (exact) mass is 249 g/mol. The highest BCUT2D eigenvalue weighted by atomic mass is 19.1. The summed E-state index contributed by atoms with van der Waals surface area (Å²) >= 11 is 0. The summed E-state index contributed by atoms with van der Waals surface area (Å²) in [4.78, 5) is 12.0. The number of fused-ring (bicyclic) bond motifs is 1. The zero-order valence-electron chi connectivity index (χ0n) is 9.64. The molecule has 0 radical (unpaired) electrons. The third-order valence-corrected chi connectivity index (χ3v) is 3.41. The molecule has 18 heavy (non-hydrogen) atoms. The van der Waals surface area contributed by atoms with Gasteiger partial charge in [-0.3, -0.25) is 4.79 Å². The molecule has 0 aliphatic heterocycles. The first-order valence-corrected chi connectivity index (χ1v) is 5.79. The van der Waals surface area contributed by atoms with Gasteiger partial charge in [-0.25, -0.2) is 8.91 Å². The third kappa shape index (κ3) is 1.71. The van der Waals surface area contributed by atoms with E-state index in [4.69, 9.17) is 0 Å². The summed E-state index contributed by atoms with van der Waals surface area (Å²) in [5.74, 6) is -0.280. The molecule has 0 atom stereocenters. The molecule has 94 valence electrons. The van der Waals surface area contributed by atoms with Gasteiger partial charge in [0.15, 0.2) is 5.65 Å². The number of nitrogens with one attached hydrogen (secondary N) is 1. The van der Waals surface area contributed by atoms with E-state index >= 15 is 0 Å². The van der Waals surface area contributed by atoms with E-state index in [0.717, 1.165) is 6.42 Å². The number of aromatic nitrogens is 4. The van der Waals surface area contributed by atoms with Crippen molar-refractivity contribution in [1.29, 1.82) is 0 Å². The molecule has 0 bridgehead atoms. The number of halogens is 1. The average Bonchev–Trinajstić information content (AvgIpc) is 2.80. The number of pyridine rings is 1. The normalized spacial score (nSPS) is 17.4. The van der Waals surface area contributed by atoms with Crippen molar-refractivity contribution in [3.63, 3.8) is 0 Å². The molecule has 1 aliphatic carbocycles. The molecule has 0 aromatic carbocycles. The number of nitrogens with zero attached hydrogens (tertiary/aromatic N) is 4. The van der Waals surface area contributed by atoms with E-state index in [1.165, 1.54) is 4.52 Å². The van der Waals surface area contributed by atoms with Crippen molar-refractivity contribution >= 4 is 11.6 Å². The molecule has 3 rings (SSSR count). The Morgan fingerprint density at radius 3 is 3.06 bits per heavy atom. The molecule has 2 aromatic rings. The van der Waals surface area contributed by atoms with Gasteiger partial charge in [0, 0.05) is 11.8 Å². The van der Waals surface area contributed by atoms with Crippen LogP contribution in [0, 0.1) is 0 Å². The first-order valence-electron chi connectivity index (χ1n) is 5.79. The molecule has 1 N–H and O–H groups in total. The number of carbonyl (C=O) groups is 1. The highest BCUT2D eigenvalue weighted by Gasteiger charge is 2.38. The molecular weight excluding hydrogens is 237 g/mol. The predicted octanol–water partition coefficient (Wildman–Crippen LogP) is 0.746. The number of amides is 1. The smallest absolute Gasteiger partial charge is 0.251 e. The van der Waals surface area contributed by atoms with Gasteiger partial charge in [-0.2, -0.15) is 0 Å². The first-order chi connectivity index (χ1) is 8.72. The Balaban J connectivity index is 1.83. The molecular formula is C11H12FN5O. The average molecular weight is 249 g/mol. The van der Waals surface area contributed by atoms with E-state index in [2.05, 4.69) is 20.8 Å². The van der Waals surface area contributed by atoms with Crippen LogP contribution in [0.4, 0.5) is 4.39 Å². The fourth-order valence-corrected chi connectivity index (χ4v) is 2.09. The number of carbonyl (C=O) groups excluding carboxylic acids is 1. The van der Waals surface area contributed by atoms with Crippen LogP contribution in [0.1, 0.15) is 29.6 Å². The maximum atomic E-state index is 12.9. The summed E-state index contributed by atoms with van der Waals surface area (Å²) in [7, 11) is 0. The summed E-state index contributed by atoms with van der Waals surface area (Å²) in [6, 6.07) is 3.20. The third-order valence-electron chi connectivity index (χ3n) is 3.41. The van der Waals surface area contributed by atoms with Gasteiger partial charge >= 0.3 is 0 Å². The maximum absolute atomic E-state index is 12.9. The van der Waals surface area contributed by atoms with E-state index in [-0.39, 0.29) is 5.91 Å². The summed E-state index contributed by atoms with van der Waals surface area (Å²) in [5, 5.41) is 13.7. The van der Waals surface area contributed by atoms with Crippen molar-refractivity contribution in [2.45, 2.75) is 24.8 Å². The summed E-state index contributed by atoms with van der Waals surface area (Å²) < 4.78 is 14.4. The number of hydrogen-bond donors (Lipinski definition) is 1. The number of alkyl halides is 1. The molecule has 0 saturated heterocycles. The Kier molecular flexibility index (Phi) is 2.46. The standard InChI is InChI=1S/C11H12FN5O/c12-7-11(3-1-4-11)13-10(18)8-2-5-17-9(6-8)14-15-16-17/h2,5-6H,1,3-4,7H2,(H,13,18). The summed E-state index contributed by atoms with van der Waals surface area (Å²) in [6.07, 6.45) is 3.96. The molecule has 2 aromatic heterocycles.